The van der Waals surface area contributed by atoms with E-state index in [1.807, 2.05) is 0 Å². The van der Waals surface area contributed by atoms with Gasteiger partial charge in [-0.2, -0.15) is 0 Å². The number of thiophene rings is 1. The van der Waals surface area contributed by atoms with Gasteiger partial charge in [0.15, 0.2) is 0 Å². The molecule has 0 aliphatic carbocycles. The number of carboxylic acids is 1. The molecular weight excluding hydrogens is 294 g/mol. The van der Waals surface area contributed by atoms with Crippen LogP contribution >= 0.6 is 11.3 Å². The topological polar surface area (TPSA) is 54.4 Å². The minimum atomic E-state index is -1.75. The molecule has 0 spiro atoms. The number of hydrogen-bond acceptors (Lipinski definition) is 3. The fourth-order valence-electron chi connectivity index (χ4n) is 1.43. The summed E-state index contributed by atoms with van der Waals surface area (Å²) in [6.45, 7) is 0. The Morgan fingerprint density at radius 1 is 1.26 bits per heavy atom. The Hall–Kier alpha value is -1.60. The van der Waals surface area contributed by atoms with Gasteiger partial charge < -0.3 is 5.11 Å². The van der Waals surface area contributed by atoms with Crippen LogP contribution in [-0.2, 0) is 16.6 Å². The molecule has 1 atom stereocenters. The summed E-state index contributed by atoms with van der Waals surface area (Å²) in [6, 6.07) is 5.66. The van der Waals surface area contributed by atoms with Gasteiger partial charge in [-0.25, -0.2) is 13.6 Å². The van der Waals surface area contributed by atoms with Crippen molar-refractivity contribution in [3.8, 4) is 0 Å². The summed E-state index contributed by atoms with van der Waals surface area (Å²) < 4.78 is 38.3. The average Bonchev–Trinajstić information content (AvgIpc) is 2.80. The standard InChI is InChI=1S/C12H8F2O3S2/c13-7-1-3-9(14)11(5-7)19(17)6-8-2-4-10(18-8)12(15)16/h1-5H,6H2,(H,15,16). The summed E-state index contributed by atoms with van der Waals surface area (Å²) in [4.78, 5) is 11.1. The molecule has 1 aromatic heterocycles. The predicted octanol–water partition coefficient (Wildman–Crippen LogP) is 3.03. The third kappa shape index (κ3) is 3.24. The largest absolute Gasteiger partial charge is 0.477 e. The van der Waals surface area contributed by atoms with Gasteiger partial charge in [0, 0.05) is 4.88 Å². The van der Waals surface area contributed by atoms with Gasteiger partial charge in [-0.1, -0.05) is 0 Å². The van der Waals surface area contributed by atoms with E-state index in [0.29, 0.717) is 4.88 Å². The van der Waals surface area contributed by atoms with E-state index in [-0.39, 0.29) is 15.5 Å². The molecule has 0 radical (unpaired) electrons. The maximum Gasteiger partial charge on any atom is 0.345 e. The maximum atomic E-state index is 13.4. The highest BCUT2D eigenvalue weighted by molar-refractivity contribution is 7.84. The second-order valence-electron chi connectivity index (χ2n) is 3.64. The van der Waals surface area contributed by atoms with Gasteiger partial charge >= 0.3 is 5.97 Å². The number of carboxylic acid groups (broad SMARTS) is 1. The quantitative estimate of drug-likeness (QED) is 0.944. The summed E-state index contributed by atoms with van der Waals surface area (Å²) in [6.07, 6.45) is 0. The lowest BCUT2D eigenvalue weighted by Crippen LogP contribution is -1.99. The van der Waals surface area contributed by atoms with Crippen LogP contribution in [0.5, 0.6) is 0 Å². The van der Waals surface area contributed by atoms with Crippen molar-refractivity contribution in [3.63, 3.8) is 0 Å². The normalized spacial score (nSPS) is 12.3. The number of halogens is 2. The van der Waals surface area contributed by atoms with Crippen molar-refractivity contribution in [1.29, 1.82) is 0 Å². The molecule has 0 bridgehead atoms. The van der Waals surface area contributed by atoms with E-state index in [1.54, 1.807) is 0 Å². The van der Waals surface area contributed by atoms with E-state index in [1.165, 1.54) is 12.1 Å². The van der Waals surface area contributed by atoms with Crippen LogP contribution in [0.25, 0.3) is 0 Å². The fraction of sp³-hybridized carbons (Fsp3) is 0.0833. The minimum Gasteiger partial charge on any atom is -0.477 e. The third-order valence-electron chi connectivity index (χ3n) is 2.28. The van der Waals surface area contributed by atoms with Crippen LogP contribution in [0.1, 0.15) is 14.5 Å². The summed E-state index contributed by atoms with van der Waals surface area (Å²) in [7, 11) is -1.75. The minimum absolute atomic E-state index is 0.0433. The fourth-order valence-corrected chi connectivity index (χ4v) is 3.67. The van der Waals surface area contributed by atoms with Crippen molar-refractivity contribution < 1.29 is 22.9 Å². The van der Waals surface area contributed by atoms with Crippen LogP contribution in [0.4, 0.5) is 8.78 Å². The molecule has 2 rings (SSSR count). The molecule has 0 fully saturated rings. The Labute approximate surface area is 114 Å². The first-order valence-electron chi connectivity index (χ1n) is 5.13. The molecule has 1 unspecified atom stereocenters. The zero-order chi connectivity index (χ0) is 14.0. The smallest absolute Gasteiger partial charge is 0.345 e. The third-order valence-corrected chi connectivity index (χ3v) is 4.92. The van der Waals surface area contributed by atoms with Crippen LogP contribution in [0.2, 0.25) is 0 Å². The molecule has 7 heteroatoms. The van der Waals surface area contributed by atoms with E-state index in [9.17, 15) is 17.8 Å². The number of aromatic carboxylic acids is 1. The predicted molar refractivity (Wildman–Crippen MR) is 67.7 cm³/mol. The number of benzene rings is 1. The number of hydrogen-bond donors (Lipinski definition) is 1. The molecule has 2 aromatic rings. The lowest BCUT2D eigenvalue weighted by Gasteiger charge is -2.02. The van der Waals surface area contributed by atoms with Gasteiger partial charge in [0.1, 0.15) is 16.5 Å². The van der Waals surface area contributed by atoms with Crippen LogP contribution in [0.15, 0.2) is 35.2 Å². The van der Waals surface area contributed by atoms with E-state index in [4.69, 9.17) is 5.11 Å². The highest BCUT2D eigenvalue weighted by atomic mass is 32.2. The molecule has 1 N–H and O–H groups in total. The molecule has 100 valence electrons. The molecule has 0 aliphatic rings. The second kappa shape index (κ2) is 5.58. The maximum absolute atomic E-state index is 13.4. The number of rotatable bonds is 4. The lowest BCUT2D eigenvalue weighted by molar-refractivity contribution is 0.0702. The highest BCUT2D eigenvalue weighted by Crippen LogP contribution is 2.22. The van der Waals surface area contributed by atoms with E-state index >= 15 is 0 Å². The first-order valence-corrected chi connectivity index (χ1v) is 7.26. The highest BCUT2D eigenvalue weighted by Gasteiger charge is 2.14. The first-order chi connectivity index (χ1) is 8.97. The SMILES string of the molecule is O=C(O)c1ccc(CS(=O)c2cc(F)ccc2F)s1. The van der Waals surface area contributed by atoms with Crippen molar-refractivity contribution in [2.24, 2.45) is 0 Å². The zero-order valence-corrected chi connectivity index (χ0v) is 11.1. The van der Waals surface area contributed by atoms with E-state index < -0.39 is 28.4 Å². The Kier molecular flexibility index (Phi) is 4.06. The zero-order valence-electron chi connectivity index (χ0n) is 9.43. The number of carbonyl (C=O) groups is 1. The monoisotopic (exact) mass is 302 g/mol. The molecule has 3 nitrogen and oxygen atoms in total. The average molecular weight is 302 g/mol. The van der Waals surface area contributed by atoms with Gasteiger partial charge in [0.2, 0.25) is 0 Å². The molecule has 19 heavy (non-hydrogen) atoms. The molecule has 1 aromatic carbocycles. The summed E-state index contributed by atoms with van der Waals surface area (Å²) in [5.74, 6) is -2.52. The van der Waals surface area contributed by atoms with Crippen molar-refractivity contribution >= 4 is 28.1 Å². The summed E-state index contributed by atoms with van der Waals surface area (Å²) in [5, 5.41) is 8.75. The van der Waals surface area contributed by atoms with Gasteiger partial charge in [-0.05, 0) is 30.3 Å². The summed E-state index contributed by atoms with van der Waals surface area (Å²) in [5.41, 5.74) is 0. The van der Waals surface area contributed by atoms with Gasteiger partial charge in [0.25, 0.3) is 0 Å². The van der Waals surface area contributed by atoms with Crippen molar-refractivity contribution in [2.75, 3.05) is 0 Å². The van der Waals surface area contributed by atoms with Crippen LogP contribution in [0, 0.1) is 11.6 Å². The van der Waals surface area contributed by atoms with E-state index in [2.05, 4.69) is 0 Å². The lowest BCUT2D eigenvalue weighted by atomic mass is 10.3. The van der Waals surface area contributed by atoms with E-state index in [0.717, 1.165) is 29.5 Å². The second-order valence-corrected chi connectivity index (χ2v) is 6.22. The van der Waals surface area contributed by atoms with Gasteiger partial charge in [-0.15, -0.1) is 11.3 Å². The molecule has 1 heterocycles. The molecule has 0 saturated heterocycles. The van der Waals surface area contributed by atoms with Crippen molar-refractivity contribution in [3.05, 3.63) is 51.7 Å². The van der Waals surface area contributed by atoms with Gasteiger partial charge in [0.05, 0.1) is 21.4 Å². The van der Waals surface area contributed by atoms with Crippen molar-refractivity contribution in [2.45, 2.75) is 10.6 Å². The summed E-state index contributed by atoms with van der Waals surface area (Å²) >= 11 is 0.965. The Morgan fingerprint density at radius 2 is 2.00 bits per heavy atom. The molecule has 0 amide bonds. The molecule has 0 aliphatic heterocycles. The van der Waals surface area contributed by atoms with Crippen molar-refractivity contribution in [1.82, 2.24) is 0 Å². The first kappa shape index (κ1) is 13.8. The van der Waals surface area contributed by atoms with Crippen LogP contribution in [0.3, 0.4) is 0 Å². The Bertz CT molecular complexity index is 652. The molecular formula is C12H8F2O3S2. The Balaban J connectivity index is 2.20. The van der Waals surface area contributed by atoms with Crippen LogP contribution in [-0.4, -0.2) is 15.3 Å². The van der Waals surface area contributed by atoms with Gasteiger partial charge in [-0.3, -0.25) is 4.21 Å². The Morgan fingerprint density at radius 3 is 2.63 bits per heavy atom. The molecule has 0 saturated carbocycles. The van der Waals surface area contributed by atoms with Crippen LogP contribution < -0.4 is 0 Å².